The predicted octanol–water partition coefficient (Wildman–Crippen LogP) is 2.47. The average molecular weight is 330 g/mol. The predicted molar refractivity (Wildman–Crippen MR) is 94.1 cm³/mol. The Hall–Kier alpha value is -1.79. The quantitative estimate of drug-likeness (QED) is 0.653. The number of benzene rings is 1. The second-order valence-electron chi connectivity index (χ2n) is 5.87. The Kier molecular flexibility index (Phi) is 5.03. The molecule has 2 aromatic rings. The molecule has 5 nitrogen and oxygen atoms in total. The summed E-state index contributed by atoms with van der Waals surface area (Å²) in [6, 6.07) is 8.17. The first-order chi connectivity index (χ1) is 11.2. The van der Waals surface area contributed by atoms with Gasteiger partial charge >= 0.3 is 0 Å². The van der Waals surface area contributed by atoms with E-state index in [-0.39, 0.29) is 11.8 Å². The summed E-state index contributed by atoms with van der Waals surface area (Å²) in [5.41, 5.74) is 7.62. The number of rotatable bonds is 6. The molecule has 23 heavy (non-hydrogen) atoms. The van der Waals surface area contributed by atoms with Crippen LogP contribution in [-0.2, 0) is 11.5 Å². The van der Waals surface area contributed by atoms with Crippen LogP contribution in [0.3, 0.4) is 0 Å². The second-order valence-corrected chi connectivity index (χ2v) is 6.86. The highest BCUT2D eigenvalue weighted by molar-refractivity contribution is 7.99. The zero-order chi connectivity index (χ0) is 16.2. The Bertz CT molecular complexity index is 712. The van der Waals surface area contributed by atoms with E-state index >= 15 is 0 Å². The number of nitrogens with zero attached hydrogens (tertiary/aromatic N) is 3. The molecule has 2 heterocycles. The Morgan fingerprint density at radius 1 is 1.48 bits per heavy atom. The number of carbonyl (C=O) groups excluding carboxylic acids is 1. The average Bonchev–Trinajstić information content (AvgIpc) is 2.91. The van der Waals surface area contributed by atoms with Gasteiger partial charge in [0.05, 0.1) is 23.6 Å². The molecule has 1 saturated heterocycles. The van der Waals surface area contributed by atoms with Gasteiger partial charge in [-0.15, -0.1) is 6.58 Å². The molecule has 0 unspecified atom stereocenters. The van der Waals surface area contributed by atoms with Crippen LogP contribution in [0.4, 0.5) is 0 Å². The van der Waals surface area contributed by atoms with E-state index in [4.69, 9.17) is 10.7 Å². The number of amides is 1. The second kappa shape index (κ2) is 7.19. The normalized spacial score (nSPS) is 19.0. The molecule has 1 atom stereocenters. The molecule has 6 heteroatoms. The van der Waals surface area contributed by atoms with Crippen molar-refractivity contribution in [2.45, 2.75) is 24.7 Å². The van der Waals surface area contributed by atoms with Gasteiger partial charge in [-0.2, -0.15) is 0 Å². The Morgan fingerprint density at radius 3 is 3.09 bits per heavy atom. The van der Waals surface area contributed by atoms with Crippen LogP contribution in [0.1, 0.15) is 12.8 Å². The van der Waals surface area contributed by atoms with Crippen LogP contribution in [0, 0.1) is 5.92 Å². The van der Waals surface area contributed by atoms with Gasteiger partial charge in [0.2, 0.25) is 5.91 Å². The van der Waals surface area contributed by atoms with Gasteiger partial charge < -0.3 is 10.3 Å². The lowest BCUT2D eigenvalue weighted by Gasteiger charge is -2.31. The van der Waals surface area contributed by atoms with E-state index in [9.17, 15) is 4.79 Å². The van der Waals surface area contributed by atoms with Crippen LogP contribution in [0.15, 0.2) is 42.1 Å². The van der Waals surface area contributed by atoms with E-state index in [1.54, 1.807) is 11.8 Å². The minimum atomic E-state index is -0.188. The first-order valence-electron chi connectivity index (χ1n) is 7.89. The van der Waals surface area contributed by atoms with Gasteiger partial charge in [-0.05, 0) is 31.5 Å². The topological polar surface area (TPSA) is 64.2 Å². The third-order valence-corrected chi connectivity index (χ3v) is 5.17. The summed E-state index contributed by atoms with van der Waals surface area (Å²) in [4.78, 5) is 18.5. The SMILES string of the molecule is C=CCSc1nc2ccccc2n1CN1CCC[C@H](C(N)=O)C1. The van der Waals surface area contributed by atoms with Crippen LogP contribution in [-0.4, -0.2) is 39.2 Å². The summed E-state index contributed by atoms with van der Waals surface area (Å²) in [6.45, 7) is 6.24. The fourth-order valence-electron chi connectivity index (χ4n) is 3.05. The third kappa shape index (κ3) is 3.59. The molecule has 1 aliphatic rings. The lowest BCUT2D eigenvalue weighted by atomic mass is 9.98. The van der Waals surface area contributed by atoms with Crippen molar-refractivity contribution in [2.24, 2.45) is 11.7 Å². The lowest BCUT2D eigenvalue weighted by Crippen LogP contribution is -2.41. The zero-order valence-electron chi connectivity index (χ0n) is 13.1. The third-order valence-electron chi connectivity index (χ3n) is 4.20. The molecule has 0 saturated carbocycles. The van der Waals surface area contributed by atoms with Crippen molar-refractivity contribution in [3.05, 3.63) is 36.9 Å². The Morgan fingerprint density at radius 2 is 2.30 bits per heavy atom. The smallest absolute Gasteiger partial charge is 0.221 e. The number of nitrogens with two attached hydrogens (primary N) is 1. The number of carbonyl (C=O) groups is 1. The van der Waals surface area contributed by atoms with Crippen LogP contribution in [0.25, 0.3) is 11.0 Å². The van der Waals surface area contributed by atoms with Crippen molar-refractivity contribution in [2.75, 3.05) is 18.8 Å². The number of para-hydroxylation sites is 2. The van der Waals surface area contributed by atoms with Gasteiger partial charge in [0, 0.05) is 12.3 Å². The minimum absolute atomic E-state index is 0.0391. The Balaban J connectivity index is 1.85. The molecule has 122 valence electrons. The molecular weight excluding hydrogens is 308 g/mol. The highest BCUT2D eigenvalue weighted by Gasteiger charge is 2.25. The van der Waals surface area contributed by atoms with Crippen LogP contribution in [0.2, 0.25) is 0 Å². The van der Waals surface area contributed by atoms with Crippen molar-refractivity contribution in [3.8, 4) is 0 Å². The van der Waals surface area contributed by atoms with Gasteiger partial charge in [-0.3, -0.25) is 9.69 Å². The number of imidazole rings is 1. The van der Waals surface area contributed by atoms with Crippen molar-refractivity contribution < 1.29 is 4.79 Å². The monoisotopic (exact) mass is 330 g/mol. The maximum Gasteiger partial charge on any atom is 0.221 e. The summed E-state index contributed by atoms with van der Waals surface area (Å²) in [7, 11) is 0. The van der Waals surface area contributed by atoms with Gasteiger partial charge in [0.1, 0.15) is 0 Å². The molecule has 1 amide bonds. The first-order valence-corrected chi connectivity index (χ1v) is 8.88. The molecule has 1 aliphatic heterocycles. The zero-order valence-corrected chi connectivity index (χ0v) is 14.0. The number of fused-ring (bicyclic) bond motifs is 1. The van der Waals surface area contributed by atoms with Crippen LogP contribution < -0.4 is 5.73 Å². The molecule has 1 aromatic heterocycles. The summed E-state index contributed by atoms with van der Waals surface area (Å²) in [5, 5.41) is 0.993. The van der Waals surface area contributed by atoms with Gasteiger partial charge in [0.25, 0.3) is 0 Å². The maximum atomic E-state index is 11.5. The molecule has 0 radical (unpaired) electrons. The fraction of sp³-hybridized carbons (Fsp3) is 0.412. The fourth-order valence-corrected chi connectivity index (χ4v) is 3.79. The van der Waals surface area contributed by atoms with Crippen LogP contribution >= 0.6 is 11.8 Å². The van der Waals surface area contributed by atoms with Gasteiger partial charge in [-0.1, -0.05) is 30.0 Å². The van der Waals surface area contributed by atoms with Crippen molar-refractivity contribution in [1.82, 2.24) is 14.5 Å². The molecule has 0 aliphatic carbocycles. The molecule has 3 rings (SSSR count). The number of thioether (sulfide) groups is 1. The van der Waals surface area contributed by atoms with E-state index in [0.717, 1.165) is 54.5 Å². The minimum Gasteiger partial charge on any atom is -0.369 e. The van der Waals surface area contributed by atoms with E-state index in [2.05, 4.69) is 22.1 Å². The summed E-state index contributed by atoms with van der Waals surface area (Å²) in [5.74, 6) is 0.599. The molecule has 0 spiro atoms. The maximum absolute atomic E-state index is 11.5. The van der Waals surface area contributed by atoms with Crippen LogP contribution in [0.5, 0.6) is 0 Å². The molecule has 1 aromatic carbocycles. The Labute approximate surface area is 140 Å². The number of likely N-dealkylation sites (tertiary alicyclic amines) is 1. The van der Waals surface area contributed by atoms with Gasteiger partial charge in [0.15, 0.2) is 5.16 Å². The van der Waals surface area contributed by atoms with Crippen molar-refractivity contribution in [1.29, 1.82) is 0 Å². The highest BCUT2D eigenvalue weighted by atomic mass is 32.2. The number of primary amides is 1. The molecular formula is C17H22N4OS. The molecule has 2 N–H and O–H groups in total. The summed E-state index contributed by atoms with van der Waals surface area (Å²) in [6.07, 6.45) is 3.79. The molecule has 1 fully saturated rings. The standard InChI is InChI=1S/C17H22N4OS/c1-2-10-23-17-19-14-7-3-4-8-15(14)21(17)12-20-9-5-6-13(11-20)16(18)22/h2-4,7-8,13H,1,5-6,9-12H2,(H2,18,22)/t13-/m0/s1. The van der Waals surface area contributed by atoms with E-state index in [1.807, 2.05) is 24.3 Å². The number of hydrogen-bond acceptors (Lipinski definition) is 4. The number of hydrogen-bond donors (Lipinski definition) is 1. The van der Waals surface area contributed by atoms with E-state index in [1.165, 1.54) is 0 Å². The summed E-state index contributed by atoms with van der Waals surface area (Å²) < 4.78 is 2.23. The number of piperidine rings is 1. The van der Waals surface area contributed by atoms with Gasteiger partial charge in [-0.25, -0.2) is 4.98 Å². The largest absolute Gasteiger partial charge is 0.369 e. The number of aromatic nitrogens is 2. The van der Waals surface area contributed by atoms with E-state index in [0.29, 0.717) is 0 Å². The summed E-state index contributed by atoms with van der Waals surface area (Å²) >= 11 is 1.68. The highest BCUT2D eigenvalue weighted by Crippen LogP contribution is 2.26. The van der Waals surface area contributed by atoms with E-state index < -0.39 is 0 Å². The first kappa shape index (κ1) is 16.1. The van der Waals surface area contributed by atoms with Crippen molar-refractivity contribution >= 4 is 28.7 Å². The van der Waals surface area contributed by atoms with Crippen molar-refractivity contribution in [3.63, 3.8) is 0 Å². The lowest BCUT2D eigenvalue weighted by molar-refractivity contribution is -0.123. The molecule has 0 bridgehead atoms.